The maximum Gasteiger partial charge on any atom is 0.227 e. The lowest BCUT2D eigenvalue weighted by Gasteiger charge is -2.32. The van der Waals surface area contributed by atoms with Crippen LogP contribution in [0.2, 0.25) is 0 Å². The van der Waals surface area contributed by atoms with Crippen molar-refractivity contribution in [2.24, 2.45) is 5.41 Å². The van der Waals surface area contributed by atoms with Gasteiger partial charge in [0.2, 0.25) is 5.91 Å². The third-order valence-electron chi connectivity index (χ3n) is 2.70. The zero-order chi connectivity index (χ0) is 10.6. The van der Waals surface area contributed by atoms with Gasteiger partial charge in [-0.05, 0) is 33.2 Å². The van der Waals surface area contributed by atoms with Crippen LogP contribution in [0.25, 0.3) is 0 Å². The molecule has 0 radical (unpaired) electrons. The summed E-state index contributed by atoms with van der Waals surface area (Å²) in [5, 5.41) is 15.0. The minimum atomic E-state index is -0.473. The lowest BCUT2D eigenvalue weighted by molar-refractivity contribution is -0.131. The second-order valence-corrected chi connectivity index (χ2v) is 4.40. The van der Waals surface area contributed by atoms with Crippen molar-refractivity contribution in [2.45, 2.75) is 32.8 Å². The molecule has 5 heteroatoms. The van der Waals surface area contributed by atoms with Gasteiger partial charge in [0.05, 0.1) is 11.5 Å². The molecule has 2 atom stereocenters. The number of nitrogens with one attached hydrogen (secondary N) is 2. The number of hydrogen-bond donors (Lipinski definition) is 3. The fourth-order valence-corrected chi connectivity index (χ4v) is 1.70. The van der Waals surface area contributed by atoms with E-state index in [1.54, 1.807) is 6.92 Å². The Bertz CT molecular complexity index is 204. The first-order valence-corrected chi connectivity index (χ1v) is 5.22. The third kappa shape index (κ3) is 4.36. The summed E-state index contributed by atoms with van der Waals surface area (Å²) in [4.78, 5) is 11.8. The van der Waals surface area contributed by atoms with Gasteiger partial charge in [0.15, 0.2) is 0 Å². The first kappa shape index (κ1) is 14.7. The van der Waals surface area contributed by atoms with Crippen molar-refractivity contribution >= 4 is 18.3 Å². The highest BCUT2D eigenvalue weighted by Crippen LogP contribution is 2.25. The molecule has 1 aliphatic rings. The summed E-state index contributed by atoms with van der Waals surface area (Å²) in [6, 6.07) is 0. The molecule has 2 unspecified atom stereocenters. The second-order valence-electron chi connectivity index (χ2n) is 4.40. The normalized spacial score (nSPS) is 27.7. The minimum absolute atomic E-state index is 0. The molecule has 0 aromatic carbocycles. The molecule has 0 bridgehead atoms. The Morgan fingerprint density at radius 1 is 1.67 bits per heavy atom. The maximum absolute atomic E-state index is 11.8. The number of carbonyl (C=O) groups excluding carboxylic acids is 1. The molecule has 3 N–H and O–H groups in total. The van der Waals surface area contributed by atoms with Crippen molar-refractivity contribution in [1.29, 1.82) is 0 Å². The topological polar surface area (TPSA) is 61.4 Å². The van der Waals surface area contributed by atoms with Crippen LogP contribution in [0.5, 0.6) is 0 Å². The largest absolute Gasteiger partial charge is 0.392 e. The summed E-state index contributed by atoms with van der Waals surface area (Å²) in [7, 11) is 0. The van der Waals surface area contributed by atoms with E-state index in [-0.39, 0.29) is 23.7 Å². The number of carbonyl (C=O) groups is 1. The van der Waals surface area contributed by atoms with E-state index in [2.05, 4.69) is 10.6 Å². The Morgan fingerprint density at radius 2 is 2.33 bits per heavy atom. The van der Waals surface area contributed by atoms with Gasteiger partial charge in [0.25, 0.3) is 0 Å². The molecule has 1 amide bonds. The molecule has 0 aromatic heterocycles. The molecule has 90 valence electrons. The molecular weight excluding hydrogens is 216 g/mol. The highest BCUT2D eigenvalue weighted by Gasteiger charge is 2.34. The monoisotopic (exact) mass is 236 g/mol. The predicted molar refractivity (Wildman–Crippen MR) is 62.1 cm³/mol. The van der Waals surface area contributed by atoms with Crippen LogP contribution < -0.4 is 10.6 Å². The second kappa shape index (κ2) is 6.30. The van der Waals surface area contributed by atoms with Gasteiger partial charge in [-0.3, -0.25) is 4.79 Å². The van der Waals surface area contributed by atoms with Gasteiger partial charge in [0, 0.05) is 13.1 Å². The first-order valence-electron chi connectivity index (χ1n) is 5.22. The minimum Gasteiger partial charge on any atom is -0.392 e. The van der Waals surface area contributed by atoms with Crippen LogP contribution in [-0.4, -0.2) is 36.8 Å². The van der Waals surface area contributed by atoms with Gasteiger partial charge in [-0.25, -0.2) is 0 Å². The molecule has 1 saturated heterocycles. The number of rotatable bonds is 3. The molecule has 4 nitrogen and oxygen atoms in total. The highest BCUT2D eigenvalue weighted by atomic mass is 35.5. The van der Waals surface area contributed by atoms with E-state index in [4.69, 9.17) is 5.11 Å². The summed E-state index contributed by atoms with van der Waals surface area (Å²) >= 11 is 0. The molecule has 1 heterocycles. The van der Waals surface area contributed by atoms with Crippen LogP contribution in [0.1, 0.15) is 26.7 Å². The van der Waals surface area contributed by atoms with Gasteiger partial charge in [0.1, 0.15) is 0 Å². The molecule has 1 rings (SSSR count). The average molecular weight is 237 g/mol. The van der Waals surface area contributed by atoms with E-state index in [0.29, 0.717) is 6.54 Å². The predicted octanol–water partition coefficient (Wildman–Crippen LogP) is 0.295. The van der Waals surface area contributed by atoms with Gasteiger partial charge < -0.3 is 15.7 Å². The lowest BCUT2D eigenvalue weighted by atomic mass is 9.82. The average Bonchev–Trinajstić information content (AvgIpc) is 2.15. The molecule has 1 aliphatic heterocycles. The van der Waals surface area contributed by atoms with Crippen LogP contribution in [0.15, 0.2) is 0 Å². The maximum atomic E-state index is 11.8. The van der Waals surface area contributed by atoms with Crippen molar-refractivity contribution in [3.8, 4) is 0 Å². The van der Waals surface area contributed by atoms with Crippen LogP contribution in [0.3, 0.4) is 0 Å². The molecular formula is C10H21ClN2O2. The lowest BCUT2D eigenvalue weighted by Crippen LogP contribution is -2.49. The Morgan fingerprint density at radius 3 is 2.80 bits per heavy atom. The summed E-state index contributed by atoms with van der Waals surface area (Å²) in [5.74, 6) is 0.0469. The van der Waals surface area contributed by atoms with Crippen molar-refractivity contribution in [3.63, 3.8) is 0 Å². The van der Waals surface area contributed by atoms with Crippen molar-refractivity contribution in [3.05, 3.63) is 0 Å². The highest BCUT2D eigenvalue weighted by molar-refractivity contribution is 5.85. The Balaban J connectivity index is 0.00000196. The smallest absolute Gasteiger partial charge is 0.227 e. The summed E-state index contributed by atoms with van der Waals surface area (Å²) in [6.45, 7) is 5.71. The van der Waals surface area contributed by atoms with E-state index in [0.717, 1.165) is 25.9 Å². The quantitative estimate of drug-likeness (QED) is 0.661. The van der Waals surface area contributed by atoms with Crippen LogP contribution >= 0.6 is 12.4 Å². The number of aliphatic hydroxyl groups is 1. The first-order chi connectivity index (χ1) is 6.54. The van der Waals surface area contributed by atoms with E-state index in [9.17, 15) is 4.79 Å². The Labute approximate surface area is 97.2 Å². The van der Waals surface area contributed by atoms with Crippen LogP contribution in [0, 0.1) is 5.41 Å². The van der Waals surface area contributed by atoms with E-state index in [1.807, 2.05) is 6.92 Å². The number of hydrogen-bond acceptors (Lipinski definition) is 3. The zero-order valence-electron chi connectivity index (χ0n) is 9.38. The fourth-order valence-electron chi connectivity index (χ4n) is 1.70. The van der Waals surface area contributed by atoms with Crippen LogP contribution in [-0.2, 0) is 4.79 Å². The Hall–Kier alpha value is -0.320. The number of piperidine rings is 1. The van der Waals surface area contributed by atoms with Crippen molar-refractivity contribution in [1.82, 2.24) is 10.6 Å². The molecule has 0 spiro atoms. The standard InChI is InChI=1S/C10H20N2O2.ClH/c1-8(13)6-12-9(14)10(2)4-3-5-11-7-10;/h8,11,13H,3-7H2,1-2H3,(H,12,14);1H. The van der Waals surface area contributed by atoms with E-state index < -0.39 is 6.10 Å². The van der Waals surface area contributed by atoms with Gasteiger partial charge in [-0.1, -0.05) is 0 Å². The summed E-state index contributed by atoms with van der Waals surface area (Å²) in [5.41, 5.74) is -0.298. The number of aliphatic hydroxyl groups excluding tert-OH is 1. The van der Waals surface area contributed by atoms with Gasteiger partial charge in [-0.15, -0.1) is 12.4 Å². The van der Waals surface area contributed by atoms with Crippen LogP contribution in [0.4, 0.5) is 0 Å². The molecule has 15 heavy (non-hydrogen) atoms. The fraction of sp³-hybridized carbons (Fsp3) is 0.900. The molecule has 0 saturated carbocycles. The number of halogens is 1. The molecule has 0 aromatic rings. The van der Waals surface area contributed by atoms with E-state index in [1.165, 1.54) is 0 Å². The molecule has 1 fully saturated rings. The van der Waals surface area contributed by atoms with Crippen molar-refractivity contribution < 1.29 is 9.90 Å². The Kier molecular flexibility index (Phi) is 6.17. The third-order valence-corrected chi connectivity index (χ3v) is 2.70. The number of amides is 1. The van der Waals surface area contributed by atoms with Crippen molar-refractivity contribution in [2.75, 3.05) is 19.6 Å². The molecule has 0 aliphatic carbocycles. The van der Waals surface area contributed by atoms with Gasteiger partial charge in [-0.2, -0.15) is 0 Å². The zero-order valence-corrected chi connectivity index (χ0v) is 10.2. The van der Waals surface area contributed by atoms with Gasteiger partial charge >= 0.3 is 0 Å². The van der Waals surface area contributed by atoms with E-state index >= 15 is 0 Å². The summed E-state index contributed by atoms with van der Waals surface area (Å²) < 4.78 is 0. The SMILES string of the molecule is CC(O)CNC(=O)C1(C)CCCNC1.Cl. The summed E-state index contributed by atoms with van der Waals surface area (Å²) in [6.07, 6.45) is 1.49.